The highest BCUT2D eigenvalue weighted by Gasteiger charge is 2.24. The van der Waals surface area contributed by atoms with Gasteiger partial charge in [0.1, 0.15) is 10.9 Å². The van der Waals surface area contributed by atoms with E-state index < -0.39 is 18.0 Å². The smallest absolute Gasteiger partial charge is 0.349 e. The summed E-state index contributed by atoms with van der Waals surface area (Å²) in [5.41, 5.74) is 1.99. The molecule has 1 aliphatic carbocycles. The first-order valence-electron chi connectivity index (χ1n) is 8.60. The number of thiophene rings is 1. The summed E-state index contributed by atoms with van der Waals surface area (Å²) in [7, 11) is 0. The number of hydrogen-bond acceptors (Lipinski definition) is 5. The molecule has 0 unspecified atom stereocenters. The van der Waals surface area contributed by atoms with Crippen LogP contribution >= 0.6 is 11.3 Å². The van der Waals surface area contributed by atoms with Gasteiger partial charge >= 0.3 is 5.97 Å². The Balaban J connectivity index is 1.64. The molecule has 3 rings (SSSR count). The van der Waals surface area contributed by atoms with Gasteiger partial charge in [0.2, 0.25) is 0 Å². The number of aryl methyl sites for hydroxylation is 1. The molecule has 0 bridgehead atoms. The van der Waals surface area contributed by atoms with Crippen LogP contribution in [0.2, 0.25) is 0 Å². The van der Waals surface area contributed by atoms with Crippen LogP contribution in [0.1, 0.15) is 45.9 Å². The number of esters is 1. The first-order chi connectivity index (χ1) is 12.5. The molecule has 0 fully saturated rings. The van der Waals surface area contributed by atoms with Crippen molar-refractivity contribution in [1.82, 2.24) is 0 Å². The molecule has 1 N–H and O–H groups in total. The van der Waals surface area contributed by atoms with Gasteiger partial charge in [-0.1, -0.05) is 19.1 Å². The molecule has 0 aliphatic heterocycles. The van der Waals surface area contributed by atoms with E-state index in [1.165, 1.54) is 28.7 Å². The summed E-state index contributed by atoms with van der Waals surface area (Å²) in [4.78, 5) is 26.5. The fraction of sp³-hybridized carbons (Fsp3) is 0.350. The molecule has 1 amide bonds. The average Bonchev–Trinajstić information content (AvgIpc) is 3.05. The maximum atomic E-state index is 12.4. The zero-order chi connectivity index (χ0) is 18.7. The summed E-state index contributed by atoms with van der Waals surface area (Å²) in [6, 6.07) is 10.6. The molecular formula is C20H20N2O3S. The fourth-order valence-corrected chi connectivity index (χ4v) is 4.09. The zero-order valence-corrected chi connectivity index (χ0v) is 15.6. The molecule has 26 heavy (non-hydrogen) atoms. The van der Waals surface area contributed by atoms with Crippen molar-refractivity contribution in [2.45, 2.75) is 39.2 Å². The van der Waals surface area contributed by atoms with Crippen molar-refractivity contribution in [3.05, 3.63) is 51.2 Å². The number of nitriles is 1. The van der Waals surface area contributed by atoms with Gasteiger partial charge in [-0.3, -0.25) is 4.79 Å². The molecule has 1 aromatic carbocycles. The molecule has 0 saturated carbocycles. The lowest BCUT2D eigenvalue weighted by atomic mass is 9.90. The topological polar surface area (TPSA) is 79.2 Å². The number of para-hydroxylation sites is 1. The van der Waals surface area contributed by atoms with E-state index in [-0.39, 0.29) is 0 Å². The highest BCUT2D eigenvalue weighted by Crippen LogP contribution is 2.32. The van der Waals surface area contributed by atoms with Gasteiger partial charge in [0.05, 0.1) is 11.3 Å². The first kappa shape index (κ1) is 18.2. The second kappa shape index (κ2) is 7.71. The lowest BCUT2D eigenvalue weighted by Crippen LogP contribution is -2.30. The lowest BCUT2D eigenvalue weighted by Gasteiger charge is -2.16. The van der Waals surface area contributed by atoms with Gasteiger partial charge in [-0.25, -0.2) is 4.79 Å². The van der Waals surface area contributed by atoms with Crippen LogP contribution in [0.5, 0.6) is 0 Å². The van der Waals surface area contributed by atoms with E-state index in [1.807, 2.05) is 12.1 Å². The molecule has 0 saturated heterocycles. The third-order valence-electron chi connectivity index (χ3n) is 4.49. The van der Waals surface area contributed by atoms with Gasteiger partial charge in [0.25, 0.3) is 5.91 Å². The highest BCUT2D eigenvalue weighted by atomic mass is 32.1. The lowest BCUT2D eigenvalue weighted by molar-refractivity contribution is -0.123. The molecule has 134 valence electrons. The molecule has 1 heterocycles. The van der Waals surface area contributed by atoms with E-state index in [9.17, 15) is 9.59 Å². The van der Waals surface area contributed by atoms with Crippen LogP contribution in [0, 0.1) is 17.2 Å². The first-order valence-corrected chi connectivity index (χ1v) is 9.42. The molecular weight excluding hydrogens is 348 g/mol. The highest BCUT2D eigenvalue weighted by molar-refractivity contribution is 7.14. The Hall–Kier alpha value is -2.65. The largest absolute Gasteiger partial charge is 0.448 e. The molecule has 6 heteroatoms. The molecule has 2 aromatic rings. The van der Waals surface area contributed by atoms with E-state index in [4.69, 9.17) is 10.00 Å². The zero-order valence-electron chi connectivity index (χ0n) is 14.7. The van der Waals surface area contributed by atoms with Gasteiger partial charge in [-0.2, -0.15) is 5.26 Å². The van der Waals surface area contributed by atoms with Gasteiger partial charge in [0, 0.05) is 4.88 Å². The third kappa shape index (κ3) is 3.94. The second-order valence-corrected chi connectivity index (χ2v) is 7.74. The Bertz CT molecular complexity index is 881. The van der Waals surface area contributed by atoms with E-state index >= 15 is 0 Å². The standard InChI is InChI=1S/C20H20N2O3S/c1-12-7-8-17-15(9-12)10-18(26-17)20(24)25-13(2)19(23)22-16-6-4-3-5-14(16)11-21/h3-6,10,12-13H,7-9H2,1-2H3,(H,22,23)/t12-,13+/m1/s1. The number of fused-ring (bicyclic) bond motifs is 1. The van der Waals surface area contributed by atoms with Crippen LogP contribution in [0.3, 0.4) is 0 Å². The fourth-order valence-electron chi connectivity index (χ4n) is 3.00. The Morgan fingerprint density at radius 1 is 1.38 bits per heavy atom. The number of rotatable bonds is 4. The number of carbonyl (C=O) groups is 2. The van der Waals surface area contributed by atoms with E-state index in [0.717, 1.165) is 19.3 Å². The van der Waals surface area contributed by atoms with Crippen molar-refractivity contribution in [2.24, 2.45) is 5.92 Å². The monoisotopic (exact) mass is 368 g/mol. The minimum atomic E-state index is -0.952. The quantitative estimate of drug-likeness (QED) is 0.829. The van der Waals surface area contributed by atoms with Crippen molar-refractivity contribution >= 4 is 28.9 Å². The number of nitrogens with one attached hydrogen (secondary N) is 1. The maximum absolute atomic E-state index is 12.4. The SMILES string of the molecule is C[C@@H]1CCc2sc(C(=O)O[C@@H](C)C(=O)Nc3ccccc3C#N)cc2C1. The third-order valence-corrected chi connectivity index (χ3v) is 5.71. The Labute approximate surface area is 156 Å². The number of nitrogens with zero attached hydrogens (tertiary/aromatic N) is 1. The van der Waals surface area contributed by atoms with E-state index in [0.29, 0.717) is 22.0 Å². The molecule has 1 aromatic heterocycles. The van der Waals surface area contributed by atoms with Crippen LogP contribution in [-0.4, -0.2) is 18.0 Å². The second-order valence-electron chi connectivity index (χ2n) is 6.60. The summed E-state index contributed by atoms with van der Waals surface area (Å²) in [5, 5.41) is 11.7. The molecule has 0 radical (unpaired) electrons. The summed E-state index contributed by atoms with van der Waals surface area (Å²) >= 11 is 1.46. The summed E-state index contributed by atoms with van der Waals surface area (Å²) < 4.78 is 5.33. The number of ether oxygens (including phenoxy) is 1. The maximum Gasteiger partial charge on any atom is 0.349 e. The normalized spacial score (nSPS) is 16.9. The Kier molecular flexibility index (Phi) is 5.38. The minimum Gasteiger partial charge on any atom is -0.448 e. The number of hydrogen-bond donors (Lipinski definition) is 1. The van der Waals surface area contributed by atoms with Crippen LogP contribution in [0.25, 0.3) is 0 Å². The van der Waals surface area contributed by atoms with E-state index in [2.05, 4.69) is 12.2 Å². The summed E-state index contributed by atoms with van der Waals surface area (Å²) in [5.74, 6) is -0.310. The number of carbonyl (C=O) groups excluding carboxylic acids is 2. The van der Waals surface area contributed by atoms with Crippen LogP contribution in [-0.2, 0) is 22.4 Å². The van der Waals surface area contributed by atoms with Crippen LogP contribution < -0.4 is 5.32 Å². The van der Waals surface area contributed by atoms with Crippen molar-refractivity contribution in [2.75, 3.05) is 5.32 Å². The molecule has 0 spiro atoms. The van der Waals surface area contributed by atoms with E-state index in [1.54, 1.807) is 24.3 Å². The Morgan fingerprint density at radius 3 is 2.92 bits per heavy atom. The molecule has 1 aliphatic rings. The number of amides is 1. The predicted molar refractivity (Wildman–Crippen MR) is 100 cm³/mol. The van der Waals surface area contributed by atoms with Gasteiger partial charge in [0.15, 0.2) is 6.10 Å². The summed E-state index contributed by atoms with van der Waals surface area (Å²) in [6.07, 6.45) is 2.17. The van der Waals surface area contributed by atoms with Gasteiger partial charge < -0.3 is 10.1 Å². The van der Waals surface area contributed by atoms with Gasteiger partial charge in [-0.05, 0) is 55.9 Å². The minimum absolute atomic E-state index is 0.361. The summed E-state index contributed by atoms with van der Waals surface area (Å²) in [6.45, 7) is 3.74. The van der Waals surface area contributed by atoms with Crippen molar-refractivity contribution in [3.8, 4) is 6.07 Å². The van der Waals surface area contributed by atoms with Crippen molar-refractivity contribution in [1.29, 1.82) is 5.26 Å². The van der Waals surface area contributed by atoms with Crippen LogP contribution in [0.4, 0.5) is 5.69 Å². The molecule has 2 atom stereocenters. The molecule has 5 nitrogen and oxygen atoms in total. The van der Waals surface area contributed by atoms with Crippen LogP contribution in [0.15, 0.2) is 30.3 Å². The van der Waals surface area contributed by atoms with Crippen molar-refractivity contribution < 1.29 is 14.3 Å². The predicted octanol–water partition coefficient (Wildman–Crippen LogP) is 3.93. The number of anilines is 1. The van der Waals surface area contributed by atoms with Gasteiger partial charge in [-0.15, -0.1) is 11.3 Å². The average molecular weight is 368 g/mol. The van der Waals surface area contributed by atoms with Crippen molar-refractivity contribution in [3.63, 3.8) is 0 Å². The Morgan fingerprint density at radius 2 is 2.15 bits per heavy atom. The number of benzene rings is 1.